The topological polar surface area (TPSA) is 85.7 Å². The van der Waals surface area contributed by atoms with Gasteiger partial charge < -0.3 is 14.8 Å². The van der Waals surface area contributed by atoms with Gasteiger partial charge in [0, 0.05) is 37.8 Å². The maximum Gasteiger partial charge on any atom is 0.265 e. The summed E-state index contributed by atoms with van der Waals surface area (Å²) in [5.41, 5.74) is 2.50. The number of aromatic nitrogens is 2. The van der Waals surface area contributed by atoms with Crippen molar-refractivity contribution in [2.75, 3.05) is 39.5 Å². The van der Waals surface area contributed by atoms with Crippen molar-refractivity contribution in [1.29, 1.82) is 0 Å². The Labute approximate surface area is 198 Å². The SMILES string of the molecule is Cc1ccc(C(=O)NC2CC2)cc1-n1cnc2ccc(OCCN3CCCOCC3)cc2c1=O. The number of hydrogen-bond donors (Lipinski definition) is 1. The van der Waals surface area contributed by atoms with E-state index in [0.717, 1.165) is 57.7 Å². The normalized spacial score (nSPS) is 16.9. The van der Waals surface area contributed by atoms with Gasteiger partial charge in [-0.1, -0.05) is 6.07 Å². The van der Waals surface area contributed by atoms with E-state index in [-0.39, 0.29) is 17.5 Å². The van der Waals surface area contributed by atoms with Crippen LogP contribution in [0.4, 0.5) is 0 Å². The Morgan fingerprint density at radius 1 is 1.18 bits per heavy atom. The summed E-state index contributed by atoms with van der Waals surface area (Å²) in [6, 6.07) is 11.1. The highest BCUT2D eigenvalue weighted by atomic mass is 16.5. The third kappa shape index (κ3) is 5.13. The predicted octanol–water partition coefficient (Wildman–Crippen LogP) is 2.69. The monoisotopic (exact) mass is 462 g/mol. The number of hydrogen-bond acceptors (Lipinski definition) is 6. The third-order valence-electron chi connectivity index (χ3n) is 6.36. The Kier molecular flexibility index (Phi) is 6.60. The summed E-state index contributed by atoms with van der Waals surface area (Å²) < 4.78 is 13.0. The molecule has 0 spiro atoms. The summed E-state index contributed by atoms with van der Waals surface area (Å²) >= 11 is 0. The minimum absolute atomic E-state index is 0.114. The van der Waals surface area contributed by atoms with Crippen LogP contribution in [0.1, 0.15) is 35.2 Å². The average Bonchev–Trinajstić information content (AvgIpc) is 3.68. The van der Waals surface area contributed by atoms with Crippen molar-refractivity contribution in [1.82, 2.24) is 19.8 Å². The fourth-order valence-corrected chi connectivity index (χ4v) is 4.18. The Balaban J connectivity index is 1.37. The molecule has 1 aliphatic carbocycles. The van der Waals surface area contributed by atoms with Crippen LogP contribution in [0, 0.1) is 6.92 Å². The molecule has 0 atom stereocenters. The average molecular weight is 463 g/mol. The fraction of sp³-hybridized carbons (Fsp3) is 0.423. The van der Waals surface area contributed by atoms with Crippen LogP contribution in [0.3, 0.4) is 0 Å². The van der Waals surface area contributed by atoms with Gasteiger partial charge in [-0.15, -0.1) is 0 Å². The lowest BCUT2D eigenvalue weighted by molar-refractivity contribution is 0.0951. The van der Waals surface area contributed by atoms with E-state index >= 15 is 0 Å². The second kappa shape index (κ2) is 9.95. The lowest BCUT2D eigenvalue weighted by Gasteiger charge is -2.19. The van der Waals surface area contributed by atoms with E-state index in [4.69, 9.17) is 9.47 Å². The van der Waals surface area contributed by atoms with E-state index in [1.807, 2.05) is 25.1 Å². The van der Waals surface area contributed by atoms with Gasteiger partial charge in [0.2, 0.25) is 0 Å². The van der Waals surface area contributed by atoms with Crippen LogP contribution in [0.2, 0.25) is 0 Å². The molecule has 5 rings (SSSR count). The number of nitrogens with zero attached hydrogens (tertiary/aromatic N) is 3. The maximum absolute atomic E-state index is 13.4. The van der Waals surface area contributed by atoms with Crippen molar-refractivity contribution in [3.05, 3.63) is 64.2 Å². The highest BCUT2D eigenvalue weighted by Crippen LogP contribution is 2.22. The van der Waals surface area contributed by atoms with Crippen molar-refractivity contribution in [3.8, 4) is 11.4 Å². The molecule has 3 aromatic rings. The third-order valence-corrected chi connectivity index (χ3v) is 6.36. The first-order chi connectivity index (χ1) is 16.6. The van der Waals surface area contributed by atoms with Crippen molar-refractivity contribution in [2.24, 2.45) is 0 Å². The summed E-state index contributed by atoms with van der Waals surface area (Å²) in [5.74, 6) is 0.529. The molecule has 0 radical (unpaired) electrons. The van der Waals surface area contributed by atoms with Crippen LogP contribution in [0.15, 0.2) is 47.5 Å². The Morgan fingerprint density at radius 3 is 2.91 bits per heavy atom. The smallest absolute Gasteiger partial charge is 0.265 e. The van der Waals surface area contributed by atoms with Crippen molar-refractivity contribution in [3.63, 3.8) is 0 Å². The molecule has 1 saturated carbocycles. The highest BCUT2D eigenvalue weighted by molar-refractivity contribution is 5.95. The van der Waals surface area contributed by atoms with Crippen molar-refractivity contribution >= 4 is 16.8 Å². The molecule has 2 aliphatic rings. The highest BCUT2D eigenvalue weighted by Gasteiger charge is 2.24. The second-order valence-corrected chi connectivity index (χ2v) is 9.00. The fourth-order valence-electron chi connectivity index (χ4n) is 4.18. The standard InChI is InChI=1S/C26H30N4O4/c1-18-3-4-19(25(31)28-20-5-6-20)15-24(18)30-17-27-23-8-7-21(16-22(23)26(30)32)34-14-11-29-9-2-12-33-13-10-29/h3-4,7-8,15-17,20H,2,5-6,9-14H2,1H3,(H,28,31). The molecule has 178 valence electrons. The zero-order chi connectivity index (χ0) is 23.5. The molecule has 34 heavy (non-hydrogen) atoms. The molecule has 0 unspecified atom stereocenters. The van der Waals surface area contributed by atoms with Gasteiger partial charge in [-0.2, -0.15) is 0 Å². The van der Waals surface area contributed by atoms with Crippen molar-refractivity contribution in [2.45, 2.75) is 32.2 Å². The number of fused-ring (bicyclic) bond motifs is 1. The van der Waals surface area contributed by atoms with Gasteiger partial charge in [0.1, 0.15) is 18.7 Å². The largest absolute Gasteiger partial charge is 0.492 e. The number of benzene rings is 2. The summed E-state index contributed by atoms with van der Waals surface area (Å²) in [5, 5.41) is 3.48. The molecule has 1 aromatic heterocycles. The molecule has 2 aromatic carbocycles. The van der Waals surface area contributed by atoms with Gasteiger partial charge in [0.25, 0.3) is 11.5 Å². The molecule has 1 amide bonds. The second-order valence-electron chi connectivity index (χ2n) is 9.00. The minimum atomic E-state index is -0.192. The van der Waals surface area contributed by atoms with E-state index in [9.17, 15) is 9.59 Å². The Bertz CT molecular complexity index is 1240. The summed E-state index contributed by atoms with van der Waals surface area (Å²) in [4.78, 5) is 32.7. The van der Waals surface area contributed by atoms with E-state index in [1.165, 1.54) is 10.9 Å². The molecule has 1 aliphatic heterocycles. The first kappa shape index (κ1) is 22.6. The van der Waals surface area contributed by atoms with Crippen LogP contribution in [0.25, 0.3) is 16.6 Å². The molecule has 1 N–H and O–H groups in total. The van der Waals surface area contributed by atoms with Gasteiger partial charge in [-0.25, -0.2) is 4.98 Å². The molecule has 8 nitrogen and oxygen atoms in total. The number of amides is 1. The lowest BCUT2D eigenvalue weighted by Crippen LogP contribution is -2.30. The van der Waals surface area contributed by atoms with Crippen LogP contribution in [-0.2, 0) is 4.74 Å². The first-order valence-electron chi connectivity index (χ1n) is 11.9. The van der Waals surface area contributed by atoms with Crippen LogP contribution in [0.5, 0.6) is 5.75 Å². The van der Waals surface area contributed by atoms with E-state index in [0.29, 0.717) is 34.5 Å². The van der Waals surface area contributed by atoms with Crippen molar-refractivity contribution < 1.29 is 14.3 Å². The van der Waals surface area contributed by atoms with Crippen LogP contribution >= 0.6 is 0 Å². The Hall–Kier alpha value is -3.23. The molecule has 8 heteroatoms. The van der Waals surface area contributed by atoms with Gasteiger partial charge in [0.05, 0.1) is 23.2 Å². The molecular formula is C26H30N4O4. The van der Waals surface area contributed by atoms with E-state index in [1.54, 1.807) is 18.2 Å². The number of rotatable bonds is 7. The minimum Gasteiger partial charge on any atom is -0.492 e. The van der Waals surface area contributed by atoms with E-state index < -0.39 is 0 Å². The zero-order valence-corrected chi connectivity index (χ0v) is 19.5. The van der Waals surface area contributed by atoms with Crippen LogP contribution < -0.4 is 15.6 Å². The molecule has 1 saturated heterocycles. The predicted molar refractivity (Wildman–Crippen MR) is 130 cm³/mol. The lowest BCUT2D eigenvalue weighted by atomic mass is 10.1. The molecule has 2 fully saturated rings. The van der Waals surface area contributed by atoms with Gasteiger partial charge in [-0.05, 0) is 62.1 Å². The molecular weight excluding hydrogens is 432 g/mol. The van der Waals surface area contributed by atoms with E-state index in [2.05, 4.69) is 15.2 Å². The number of ether oxygens (including phenoxy) is 2. The number of nitrogens with one attached hydrogen (secondary N) is 1. The number of aryl methyl sites for hydroxylation is 1. The number of carbonyl (C=O) groups is 1. The molecule has 0 bridgehead atoms. The summed E-state index contributed by atoms with van der Waals surface area (Å²) in [6.45, 7) is 6.76. The first-order valence-corrected chi connectivity index (χ1v) is 11.9. The quantitative estimate of drug-likeness (QED) is 0.581. The Morgan fingerprint density at radius 2 is 2.06 bits per heavy atom. The maximum atomic E-state index is 13.4. The van der Waals surface area contributed by atoms with Gasteiger partial charge in [0.15, 0.2) is 0 Å². The summed E-state index contributed by atoms with van der Waals surface area (Å²) in [6.07, 6.45) is 4.60. The van der Waals surface area contributed by atoms with Gasteiger partial charge >= 0.3 is 0 Å². The zero-order valence-electron chi connectivity index (χ0n) is 19.5. The summed E-state index contributed by atoms with van der Waals surface area (Å²) in [7, 11) is 0. The van der Waals surface area contributed by atoms with Crippen LogP contribution in [-0.4, -0.2) is 65.9 Å². The number of carbonyl (C=O) groups excluding carboxylic acids is 1. The van der Waals surface area contributed by atoms with Gasteiger partial charge in [-0.3, -0.25) is 19.1 Å². The molecule has 2 heterocycles.